The van der Waals surface area contributed by atoms with Crippen molar-refractivity contribution in [1.82, 2.24) is 0 Å². The summed E-state index contributed by atoms with van der Waals surface area (Å²) >= 11 is 1.87. The highest BCUT2D eigenvalue weighted by Gasteiger charge is 2.24. The third-order valence-electron chi connectivity index (χ3n) is 12.1. The number of fused-ring (bicyclic) bond motifs is 9. The standard InChI is InChI=1S/C58H37NOS/c1-3-12-38(13-4-1)40-22-27-45(28-23-40)59(46-29-24-41(25-30-46)48-19-11-20-52-51-18-9-10-21-57(51)61-58(48)52)47-31-33-50-49-32-26-44(39-14-5-2-6-15-39)34-53(49)54-35-42-16-7-8-17-43(42)36-55(54)60-56(50)37-47/h1-37H. The minimum atomic E-state index is 0.819. The van der Waals surface area contributed by atoms with E-state index in [9.17, 15) is 0 Å². The summed E-state index contributed by atoms with van der Waals surface area (Å²) in [6.07, 6.45) is 0. The Morgan fingerprint density at radius 1 is 0.311 bits per heavy atom. The summed E-state index contributed by atoms with van der Waals surface area (Å²) in [5.74, 6) is 1.67. The van der Waals surface area contributed by atoms with Crippen molar-refractivity contribution in [2.24, 2.45) is 0 Å². The Morgan fingerprint density at radius 3 is 1.62 bits per heavy atom. The molecule has 0 aliphatic carbocycles. The minimum absolute atomic E-state index is 0.819. The fourth-order valence-corrected chi connectivity index (χ4v) is 10.3. The molecule has 12 rings (SSSR count). The Labute approximate surface area is 358 Å². The van der Waals surface area contributed by atoms with Crippen molar-refractivity contribution in [3.05, 3.63) is 224 Å². The Balaban J connectivity index is 1.01. The van der Waals surface area contributed by atoms with Crippen LogP contribution in [0.2, 0.25) is 0 Å². The first kappa shape index (κ1) is 35.2. The number of ether oxygens (including phenoxy) is 1. The predicted octanol–water partition coefficient (Wildman–Crippen LogP) is 17.1. The van der Waals surface area contributed by atoms with Crippen LogP contribution in [0.1, 0.15) is 0 Å². The van der Waals surface area contributed by atoms with Gasteiger partial charge >= 0.3 is 0 Å². The molecular formula is C58H37NOS. The smallest absolute Gasteiger partial charge is 0.137 e. The first-order chi connectivity index (χ1) is 30.2. The molecule has 0 N–H and O–H groups in total. The third-order valence-corrected chi connectivity index (χ3v) is 13.3. The molecule has 0 radical (unpaired) electrons. The van der Waals surface area contributed by atoms with Crippen LogP contribution in [-0.4, -0.2) is 0 Å². The molecule has 1 aliphatic heterocycles. The Kier molecular flexibility index (Phi) is 8.39. The largest absolute Gasteiger partial charge is 0.456 e. The topological polar surface area (TPSA) is 12.5 Å². The molecule has 2 nitrogen and oxygen atoms in total. The van der Waals surface area contributed by atoms with Gasteiger partial charge < -0.3 is 9.64 Å². The van der Waals surface area contributed by atoms with E-state index in [1.807, 2.05) is 11.3 Å². The van der Waals surface area contributed by atoms with Crippen LogP contribution in [-0.2, 0) is 0 Å². The zero-order valence-corrected chi connectivity index (χ0v) is 33.9. The highest BCUT2D eigenvalue weighted by atomic mass is 32.1. The van der Waals surface area contributed by atoms with E-state index < -0.39 is 0 Å². The van der Waals surface area contributed by atoms with E-state index >= 15 is 0 Å². The molecule has 61 heavy (non-hydrogen) atoms. The van der Waals surface area contributed by atoms with Crippen molar-refractivity contribution in [2.45, 2.75) is 0 Å². The molecule has 1 aliphatic rings. The third kappa shape index (κ3) is 6.18. The van der Waals surface area contributed by atoms with Crippen LogP contribution in [0.3, 0.4) is 0 Å². The summed E-state index contributed by atoms with van der Waals surface area (Å²) in [6, 6.07) is 81.0. The highest BCUT2D eigenvalue weighted by molar-refractivity contribution is 7.26. The van der Waals surface area contributed by atoms with Gasteiger partial charge in [0.25, 0.3) is 0 Å². The van der Waals surface area contributed by atoms with Gasteiger partial charge in [-0.05, 0) is 116 Å². The lowest BCUT2D eigenvalue weighted by Crippen LogP contribution is -2.10. The Bertz CT molecular complexity index is 3420. The molecule has 0 spiro atoms. The average molecular weight is 796 g/mol. The molecule has 0 saturated heterocycles. The molecule has 11 aromatic rings. The number of hydrogen-bond acceptors (Lipinski definition) is 3. The summed E-state index contributed by atoms with van der Waals surface area (Å²) in [5.41, 5.74) is 14.8. The summed E-state index contributed by atoms with van der Waals surface area (Å²) < 4.78 is 9.72. The number of anilines is 3. The van der Waals surface area contributed by atoms with Crippen molar-refractivity contribution in [3.63, 3.8) is 0 Å². The van der Waals surface area contributed by atoms with E-state index in [1.165, 1.54) is 58.9 Å². The number of thiophene rings is 1. The number of rotatable bonds is 6. The van der Waals surface area contributed by atoms with E-state index in [0.29, 0.717) is 0 Å². The van der Waals surface area contributed by atoms with Crippen LogP contribution in [0.15, 0.2) is 224 Å². The molecule has 2 heterocycles. The Morgan fingerprint density at radius 2 is 0.869 bits per heavy atom. The van der Waals surface area contributed by atoms with Crippen molar-refractivity contribution in [2.75, 3.05) is 4.90 Å². The maximum atomic E-state index is 7.10. The van der Waals surface area contributed by atoms with Gasteiger partial charge in [0.2, 0.25) is 0 Å². The summed E-state index contributed by atoms with van der Waals surface area (Å²) in [5, 5.41) is 4.95. The van der Waals surface area contributed by atoms with Crippen LogP contribution in [0.5, 0.6) is 11.5 Å². The molecular weight excluding hydrogens is 759 g/mol. The Hall–Kier alpha value is -7.72. The SMILES string of the molecule is c1ccc(-c2ccc(N(c3ccc(-c4cccc5c4sc4ccccc45)cc3)c3ccc4c(c3)Oc3cc5ccccc5cc3-c3cc(-c5ccccc5)ccc3-4)cc2)cc1. The average Bonchev–Trinajstić information content (AvgIpc) is 3.66. The van der Waals surface area contributed by atoms with Gasteiger partial charge in [-0.25, -0.2) is 0 Å². The fourth-order valence-electron chi connectivity index (χ4n) is 9.05. The van der Waals surface area contributed by atoms with Crippen molar-refractivity contribution in [1.29, 1.82) is 0 Å². The molecule has 0 amide bonds. The maximum absolute atomic E-state index is 7.10. The van der Waals surface area contributed by atoms with E-state index in [4.69, 9.17) is 4.74 Å². The lowest BCUT2D eigenvalue weighted by Gasteiger charge is -2.27. The maximum Gasteiger partial charge on any atom is 0.137 e. The minimum Gasteiger partial charge on any atom is -0.456 e. The second kappa shape index (κ2) is 14.5. The monoisotopic (exact) mass is 795 g/mol. The van der Waals surface area contributed by atoms with E-state index in [-0.39, 0.29) is 0 Å². The zero-order valence-electron chi connectivity index (χ0n) is 33.1. The molecule has 0 unspecified atom stereocenters. The van der Waals surface area contributed by atoms with Crippen LogP contribution in [0.25, 0.3) is 86.6 Å². The fraction of sp³-hybridized carbons (Fsp3) is 0. The quantitative estimate of drug-likeness (QED) is 0.166. The van der Waals surface area contributed by atoms with Gasteiger partial charge in [0, 0.05) is 54.4 Å². The second-order valence-corrected chi connectivity index (χ2v) is 16.7. The normalized spacial score (nSPS) is 11.7. The number of hydrogen-bond donors (Lipinski definition) is 0. The first-order valence-electron chi connectivity index (χ1n) is 20.7. The predicted molar refractivity (Wildman–Crippen MR) is 259 cm³/mol. The molecule has 10 aromatic carbocycles. The lowest BCUT2D eigenvalue weighted by atomic mass is 9.90. The summed E-state index contributed by atoms with van der Waals surface area (Å²) in [4.78, 5) is 2.34. The molecule has 0 bridgehead atoms. The molecule has 3 heteroatoms. The van der Waals surface area contributed by atoms with Crippen molar-refractivity contribution < 1.29 is 4.74 Å². The molecule has 0 fully saturated rings. The molecule has 0 saturated carbocycles. The highest BCUT2D eigenvalue weighted by Crippen LogP contribution is 2.51. The molecule has 286 valence electrons. The second-order valence-electron chi connectivity index (χ2n) is 15.7. The first-order valence-corrected chi connectivity index (χ1v) is 21.5. The van der Waals surface area contributed by atoms with Gasteiger partial charge in [0.15, 0.2) is 0 Å². The van der Waals surface area contributed by atoms with Crippen LogP contribution < -0.4 is 9.64 Å². The van der Waals surface area contributed by atoms with Crippen LogP contribution >= 0.6 is 11.3 Å². The van der Waals surface area contributed by atoms with Gasteiger partial charge in [0.05, 0.1) is 0 Å². The van der Waals surface area contributed by atoms with E-state index in [2.05, 4.69) is 229 Å². The van der Waals surface area contributed by atoms with Gasteiger partial charge in [-0.15, -0.1) is 11.3 Å². The van der Waals surface area contributed by atoms with E-state index in [0.717, 1.165) is 56.2 Å². The van der Waals surface area contributed by atoms with Gasteiger partial charge in [-0.2, -0.15) is 0 Å². The number of nitrogens with zero attached hydrogens (tertiary/aromatic N) is 1. The van der Waals surface area contributed by atoms with Crippen molar-refractivity contribution in [3.8, 4) is 67.1 Å². The lowest BCUT2D eigenvalue weighted by molar-refractivity contribution is 0.488. The van der Waals surface area contributed by atoms with Gasteiger partial charge in [-0.3, -0.25) is 0 Å². The van der Waals surface area contributed by atoms with Crippen LogP contribution in [0.4, 0.5) is 17.1 Å². The van der Waals surface area contributed by atoms with Gasteiger partial charge in [0.1, 0.15) is 11.5 Å². The van der Waals surface area contributed by atoms with E-state index in [1.54, 1.807) is 0 Å². The molecule has 0 atom stereocenters. The zero-order chi connectivity index (χ0) is 40.3. The summed E-state index contributed by atoms with van der Waals surface area (Å²) in [7, 11) is 0. The molecule has 1 aromatic heterocycles. The van der Waals surface area contributed by atoms with Crippen molar-refractivity contribution >= 4 is 59.3 Å². The summed E-state index contributed by atoms with van der Waals surface area (Å²) in [6.45, 7) is 0. The number of benzene rings is 10. The van der Waals surface area contributed by atoms with Gasteiger partial charge in [-0.1, -0.05) is 158 Å². The van der Waals surface area contributed by atoms with Crippen LogP contribution in [0, 0.1) is 0 Å².